The molecule has 2 heteroatoms. The lowest BCUT2D eigenvalue weighted by molar-refractivity contribution is 0.135. The Morgan fingerprint density at radius 3 is 3.14 bits per heavy atom. The fraction of sp³-hybridized carbons (Fsp3) is 0.833. The maximum Gasteiger partial charge on any atom is 0.0476 e. The molecule has 4 unspecified atom stereocenters. The Bertz CT molecular complexity index is 214. The molecule has 0 aromatic carbocycles. The molecule has 0 amide bonds. The number of methoxy groups -OCH3 is 1. The van der Waals surface area contributed by atoms with Crippen LogP contribution in [0.15, 0.2) is 12.2 Å². The number of rotatable bonds is 5. The van der Waals surface area contributed by atoms with Gasteiger partial charge in [0.2, 0.25) is 0 Å². The van der Waals surface area contributed by atoms with Crippen LogP contribution in [-0.4, -0.2) is 25.8 Å². The van der Waals surface area contributed by atoms with Gasteiger partial charge in [-0.25, -0.2) is 0 Å². The second kappa shape index (κ2) is 4.45. The second-order valence-corrected chi connectivity index (χ2v) is 4.69. The maximum absolute atomic E-state index is 5.08. The van der Waals surface area contributed by atoms with E-state index >= 15 is 0 Å². The van der Waals surface area contributed by atoms with E-state index < -0.39 is 0 Å². The third-order valence-electron chi connectivity index (χ3n) is 3.62. The summed E-state index contributed by atoms with van der Waals surface area (Å²) in [4.78, 5) is 0. The molecule has 14 heavy (non-hydrogen) atoms. The van der Waals surface area contributed by atoms with Crippen LogP contribution < -0.4 is 5.32 Å². The first-order valence-electron chi connectivity index (χ1n) is 5.73. The molecule has 80 valence electrons. The molecule has 2 rings (SSSR count). The summed E-state index contributed by atoms with van der Waals surface area (Å²) in [5.41, 5.74) is 0. The number of fused-ring (bicyclic) bond motifs is 1. The standard InChI is InChI=1S/C12H21NO/c1-9(6-7-14-2)13-12-8-10-4-3-5-11(10)12/h3,5,9-13H,4,6-8H2,1-2H3. The lowest BCUT2D eigenvalue weighted by atomic mass is 9.71. The highest BCUT2D eigenvalue weighted by atomic mass is 16.5. The van der Waals surface area contributed by atoms with Crippen molar-refractivity contribution < 1.29 is 4.74 Å². The topological polar surface area (TPSA) is 21.3 Å². The van der Waals surface area contributed by atoms with Crippen molar-refractivity contribution in [3.63, 3.8) is 0 Å². The van der Waals surface area contributed by atoms with E-state index in [0.29, 0.717) is 6.04 Å². The molecule has 0 bridgehead atoms. The van der Waals surface area contributed by atoms with Crippen LogP contribution in [0, 0.1) is 11.8 Å². The number of allylic oxidation sites excluding steroid dienone is 1. The van der Waals surface area contributed by atoms with E-state index in [0.717, 1.165) is 30.9 Å². The first-order chi connectivity index (χ1) is 6.81. The van der Waals surface area contributed by atoms with Crippen molar-refractivity contribution in [2.45, 2.75) is 38.3 Å². The van der Waals surface area contributed by atoms with Gasteiger partial charge < -0.3 is 10.1 Å². The molecule has 0 aliphatic heterocycles. The van der Waals surface area contributed by atoms with E-state index in [1.54, 1.807) is 7.11 Å². The third kappa shape index (κ3) is 2.01. The Balaban J connectivity index is 1.68. The van der Waals surface area contributed by atoms with Gasteiger partial charge in [-0.2, -0.15) is 0 Å². The van der Waals surface area contributed by atoms with E-state index in [1.165, 1.54) is 12.8 Å². The summed E-state index contributed by atoms with van der Waals surface area (Å²) in [5.74, 6) is 1.79. The SMILES string of the molecule is COCCC(C)NC1CC2CC=CC21. The van der Waals surface area contributed by atoms with Crippen molar-refractivity contribution in [3.8, 4) is 0 Å². The van der Waals surface area contributed by atoms with Crippen molar-refractivity contribution >= 4 is 0 Å². The molecule has 1 N–H and O–H groups in total. The van der Waals surface area contributed by atoms with Crippen LogP contribution in [0.2, 0.25) is 0 Å². The van der Waals surface area contributed by atoms with Gasteiger partial charge in [-0.15, -0.1) is 0 Å². The molecular weight excluding hydrogens is 174 g/mol. The molecule has 4 atom stereocenters. The molecule has 0 aromatic heterocycles. The van der Waals surface area contributed by atoms with E-state index in [1.807, 2.05) is 0 Å². The first kappa shape index (κ1) is 10.2. The summed E-state index contributed by atoms with van der Waals surface area (Å²) in [5, 5.41) is 3.69. The predicted octanol–water partition coefficient (Wildman–Crippen LogP) is 1.97. The average molecular weight is 195 g/mol. The first-order valence-corrected chi connectivity index (χ1v) is 5.73. The largest absolute Gasteiger partial charge is 0.385 e. The molecule has 0 aromatic rings. The van der Waals surface area contributed by atoms with Gasteiger partial charge in [-0.3, -0.25) is 0 Å². The van der Waals surface area contributed by atoms with Gasteiger partial charge in [0.1, 0.15) is 0 Å². The van der Waals surface area contributed by atoms with Crippen LogP contribution >= 0.6 is 0 Å². The predicted molar refractivity (Wildman–Crippen MR) is 58.2 cm³/mol. The maximum atomic E-state index is 5.08. The lowest BCUT2D eigenvalue weighted by Gasteiger charge is -2.42. The van der Waals surface area contributed by atoms with Crippen molar-refractivity contribution in [1.29, 1.82) is 0 Å². The molecule has 0 saturated heterocycles. The minimum absolute atomic E-state index is 0.592. The van der Waals surface area contributed by atoms with Gasteiger partial charge in [-0.1, -0.05) is 12.2 Å². The smallest absolute Gasteiger partial charge is 0.0476 e. The zero-order valence-electron chi connectivity index (χ0n) is 9.20. The number of hydrogen-bond donors (Lipinski definition) is 1. The molecule has 2 aliphatic carbocycles. The highest BCUT2D eigenvalue weighted by Crippen LogP contribution is 2.42. The lowest BCUT2D eigenvalue weighted by Crippen LogP contribution is -2.51. The highest BCUT2D eigenvalue weighted by Gasteiger charge is 2.40. The monoisotopic (exact) mass is 195 g/mol. The van der Waals surface area contributed by atoms with Crippen LogP contribution in [0.3, 0.4) is 0 Å². The van der Waals surface area contributed by atoms with Gasteiger partial charge in [0.15, 0.2) is 0 Å². The summed E-state index contributed by atoms with van der Waals surface area (Å²) >= 11 is 0. The molecule has 2 nitrogen and oxygen atoms in total. The van der Waals surface area contributed by atoms with Crippen molar-refractivity contribution in [1.82, 2.24) is 5.32 Å². The molecule has 2 aliphatic rings. The van der Waals surface area contributed by atoms with Gasteiger partial charge in [0, 0.05) is 25.8 Å². The van der Waals surface area contributed by atoms with Crippen molar-refractivity contribution in [2.75, 3.05) is 13.7 Å². The van der Waals surface area contributed by atoms with Crippen molar-refractivity contribution in [2.24, 2.45) is 11.8 Å². The van der Waals surface area contributed by atoms with Crippen LogP contribution in [0.25, 0.3) is 0 Å². The van der Waals surface area contributed by atoms with Crippen LogP contribution in [-0.2, 0) is 4.74 Å². The molecule has 0 heterocycles. The Morgan fingerprint density at radius 2 is 2.43 bits per heavy atom. The zero-order valence-corrected chi connectivity index (χ0v) is 9.20. The molecule has 0 radical (unpaired) electrons. The summed E-state index contributed by atoms with van der Waals surface area (Å²) < 4.78 is 5.08. The number of hydrogen-bond acceptors (Lipinski definition) is 2. The summed E-state index contributed by atoms with van der Waals surface area (Å²) in [6.07, 6.45) is 8.55. The van der Waals surface area contributed by atoms with E-state index in [-0.39, 0.29) is 0 Å². The number of nitrogens with one attached hydrogen (secondary N) is 1. The molecule has 1 fully saturated rings. The van der Waals surface area contributed by atoms with Crippen LogP contribution in [0.5, 0.6) is 0 Å². The minimum Gasteiger partial charge on any atom is -0.385 e. The molecule has 0 spiro atoms. The normalized spacial score (nSPS) is 36.6. The average Bonchev–Trinajstić information content (AvgIpc) is 2.53. The molecule has 1 saturated carbocycles. The van der Waals surface area contributed by atoms with Crippen LogP contribution in [0.4, 0.5) is 0 Å². The highest BCUT2D eigenvalue weighted by molar-refractivity contribution is 5.13. The minimum atomic E-state index is 0.592. The summed E-state index contributed by atoms with van der Waals surface area (Å²) in [6.45, 7) is 3.12. The van der Waals surface area contributed by atoms with E-state index in [2.05, 4.69) is 24.4 Å². The van der Waals surface area contributed by atoms with Gasteiger partial charge in [0.25, 0.3) is 0 Å². The van der Waals surface area contributed by atoms with E-state index in [9.17, 15) is 0 Å². The van der Waals surface area contributed by atoms with Crippen molar-refractivity contribution in [3.05, 3.63) is 12.2 Å². The Hall–Kier alpha value is -0.340. The number of ether oxygens (including phenoxy) is 1. The Labute approximate surface area is 86.7 Å². The van der Waals surface area contributed by atoms with Gasteiger partial charge in [0.05, 0.1) is 0 Å². The fourth-order valence-electron chi connectivity index (χ4n) is 2.65. The van der Waals surface area contributed by atoms with Gasteiger partial charge >= 0.3 is 0 Å². The quantitative estimate of drug-likeness (QED) is 0.677. The van der Waals surface area contributed by atoms with E-state index in [4.69, 9.17) is 4.74 Å². The zero-order chi connectivity index (χ0) is 9.97. The third-order valence-corrected chi connectivity index (χ3v) is 3.62. The van der Waals surface area contributed by atoms with Gasteiger partial charge in [-0.05, 0) is 38.0 Å². The Morgan fingerprint density at radius 1 is 1.57 bits per heavy atom. The Kier molecular flexibility index (Phi) is 3.24. The summed E-state index contributed by atoms with van der Waals surface area (Å²) in [7, 11) is 1.77. The van der Waals surface area contributed by atoms with Crippen LogP contribution in [0.1, 0.15) is 26.2 Å². The fourth-order valence-corrected chi connectivity index (χ4v) is 2.65. The second-order valence-electron chi connectivity index (χ2n) is 4.69. The summed E-state index contributed by atoms with van der Waals surface area (Å²) in [6, 6.07) is 1.33. The molecular formula is C12H21NO.